The first-order valence-corrected chi connectivity index (χ1v) is 15.3. The Bertz CT molecular complexity index is 1640. The van der Waals surface area contributed by atoms with Crippen LogP contribution in [0.25, 0.3) is 6.08 Å². The van der Waals surface area contributed by atoms with Crippen LogP contribution in [0.3, 0.4) is 0 Å². The van der Waals surface area contributed by atoms with Crippen LogP contribution in [0.4, 0.5) is 5.69 Å². The first kappa shape index (κ1) is 30.4. The number of halogens is 1. The molecule has 2 amide bonds. The fourth-order valence-corrected chi connectivity index (χ4v) is 6.29. The summed E-state index contributed by atoms with van der Waals surface area (Å²) in [5.41, 5.74) is 3.19. The van der Waals surface area contributed by atoms with Crippen LogP contribution >= 0.6 is 27.7 Å². The molecule has 0 unspecified atom stereocenters. The Labute approximate surface area is 262 Å². The van der Waals surface area contributed by atoms with E-state index in [9.17, 15) is 14.9 Å². The molecule has 0 atom stereocenters. The van der Waals surface area contributed by atoms with E-state index in [0.29, 0.717) is 75.7 Å². The molecule has 0 N–H and O–H groups in total. The molecule has 2 heterocycles. The van der Waals surface area contributed by atoms with Crippen molar-refractivity contribution in [2.45, 2.75) is 13.5 Å². The lowest BCUT2D eigenvalue weighted by atomic mass is 10.1. The highest BCUT2D eigenvalue weighted by Gasteiger charge is 2.32. The van der Waals surface area contributed by atoms with Crippen LogP contribution in [-0.4, -0.2) is 66.7 Å². The van der Waals surface area contributed by atoms with Crippen molar-refractivity contribution >= 4 is 56.4 Å². The van der Waals surface area contributed by atoms with Crippen molar-refractivity contribution in [1.82, 2.24) is 9.80 Å². The maximum atomic E-state index is 13.3. The summed E-state index contributed by atoms with van der Waals surface area (Å²) < 4.78 is 17.7. The Hall–Kier alpha value is -4.11. The second-order valence-corrected chi connectivity index (χ2v) is 11.5. The van der Waals surface area contributed by atoms with Crippen molar-refractivity contribution in [3.05, 3.63) is 92.3 Å². The summed E-state index contributed by atoms with van der Waals surface area (Å²) in [6.45, 7) is 4.71. The van der Waals surface area contributed by atoms with Crippen molar-refractivity contribution in [3.63, 3.8) is 0 Å². The number of hydrogen-bond donors (Lipinski definition) is 0. The largest absolute Gasteiger partial charge is 0.493 e. The number of benzene rings is 3. The van der Waals surface area contributed by atoms with Gasteiger partial charge in [-0.3, -0.25) is 14.5 Å². The number of hydrogen-bond acceptors (Lipinski definition) is 8. The van der Waals surface area contributed by atoms with Gasteiger partial charge in [0.15, 0.2) is 16.7 Å². The van der Waals surface area contributed by atoms with Gasteiger partial charge in [0.1, 0.15) is 6.61 Å². The molecule has 43 heavy (non-hydrogen) atoms. The van der Waals surface area contributed by atoms with Crippen LogP contribution in [0.2, 0.25) is 0 Å². The molecule has 0 bridgehead atoms. The van der Waals surface area contributed by atoms with Gasteiger partial charge in [-0.2, -0.15) is 5.26 Å². The Morgan fingerprint density at radius 2 is 1.95 bits per heavy atom. The van der Waals surface area contributed by atoms with E-state index in [2.05, 4.69) is 22.0 Å². The van der Waals surface area contributed by atoms with Crippen molar-refractivity contribution < 1.29 is 23.8 Å². The van der Waals surface area contributed by atoms with Crippen molar-refractivity contribution in [2.75, 3.05) is 40.0 Å². The summed E-state index contributed by atoms with van der Waals surface area (Å²) in [5.74, 6) is 0.755. The van der Waals surface area contributed by atoms with E-state index in [4.69, 9.17) is 19.2 Å². The molecule has 220 valence electrons. The number of morpholine rings is 1. The van der Waals surface area contributed by atoms with E-state index in [1.54, 1.807) is 53.3 Å². The maximum Gasteiger partial charge on any atom is 0.266 e. The van der Waals surface area contributed by atoms with Crippen molar-refractivity contribution in [1.29, 1.82) is 5.26 Å². The zero-order valence-electron chi connectivity index (χ0n) is 23.7. The van der Waals surface area contributed by atoms with Gasteiger partial charge in [0.05, 0.1) is 47.0 Å². The summed E-state index contributed by atoms with van der Waals surface area (Å²) in [6, 6.07) is 20.2. The normalized spacial score (nSPS) is 16.9. The molecule has 0 spiro atoms. The zero-order valence-corrected chi connectivity index (χ0v) is 26.1. The van der Waals surface area contributed by atoms with Crippen LogP contribution < -0.4 is 9.47 Å². The number of nitrogens with zero attached hydrogens (tertiary/aromatic N) is 4. The van der Waals surface area contributed by atoms with Crippen LogP contribution in [-0.2, 0) is 16.1 Å². The summed E-state index contributed by atoms with van der Waals surface area (Å²) in [6.07, 6.45) is 1.79. The molecule has 2 aliphatic rings. The number of thioether (sulfide) groups is 1. The average molecular weight is 662 g/mol. The van der Waals surface area contributed by atoms with Gasteiger partial charge in [0, 0.05) is 30.8 Å². The smallest absolute Gasteiger partial charge is 0.266 e. The quantitative estimate of drug-likeness (QED) is 0.273. The lowest BCUT2D eigenvalue weighted by molar-refractivity contribution is -0.122. The number of amides is 2. The molecule has 2 saturated heterocycles. The summed E-state index contributed by atoms with van der Waals surface area (Å²) in [7, 11) is 1.55. The number of rotatable bonds is 8. The molecule has 9 nitrogen and oxygen atoms in total. The van der Waals surface area contributed by atoms with Gasteiger partial charge in [-0.15, -0.1) is 0 Å². The second-order valence-electron chi connectivity index (χ2n) is 9.60. The minimum atomic E-state index is -0.157. The van der Waals surface area contributed by atoms with Crippen LogP contribution in [0.15, 0.2) is 75.0 Å². The zero-order chi connectivity index (χ0) is 30.3. The second kappa shape index (κ2) is 13.9. The molecule has 0 saturated carbocycles. The molecule has 0 aromatic heterocycles. The standard InChI is InChI=1S/C32H29BrN4O5S/c1-3-37-31(39)28(43-32(37)35-25-10-6-9-22(18-25)30(38)36-11-13-41-14-12-36)17-21-15-26(33)29(27(16-21)40-2)42-20-24-8-5-4-7-23(24)19-34/h4-10,15-18H,3,11-14,20H2,1-2H3/b28-17+,35-32?. The minimum absolute atomic E-state index is 0.0605. The molecular weight excluding hydrogens is 632 g/mol. The molecular formula is C32H29BrN4O5S. The van der Waals surface area contributed by atoms with E-state index in [1.807, 2.05) is 37.3 Å². The Kier molecular flexibility index (Phi) is 9.82. The topological polar surface area (TPSA) is 104 Å². The number of amidine groups is 1. The molecule has 3 aromatic carbocycles. The SMILES string of the molecule is CCN1C(=O)/C(=C\c2cc(Br)c(OCc3ccccc3C#N)c(OC)c2)SC1=Nc1cccc(C(=O)N2CCOCC2)c1. The van der Waals surface area contributed by atoms with E-state index >= 15 is 0 Å². The molecule has 3 aromatic rings. The first-order chi connectivity index (χ1) is 20.9. The maximum absolute atomic E-state index is 13.3. The molecule has 0 radical (unpaired) electrons. The summed E-state index contributed by atoms with van der Waals surface area (Å²) >= 11 is 4.85. The van der Waals surface area contributed by atoms with Crippen molar-refractivity contribution in [3.8, 4) is 17.6 Å². The van der Waals surface area contributed by atoms with Gasteiger partial charge < -0.3 is 19.1 Å². The molecule has 0 aliphatic carbocycles. The fraction of sp³-hybridized carbons (Fsp3) is 0.250. The predicted molar refractivity (Wildman–Crippen MR) is 169 cm³/mol. The number of aliphatic imine (C=N–C) groups is 1. The minimum Gasteiger partial charge on any atom is -0.493 e. The number of methoxy groups -OCH3 is 1. The average Bonchev–Trinajstić information content (AvgIpc) is 3.33. The monoisotopic (exact) mass is 660 g/mol. The van der Waals surface area contributed by atoms with Gasteiger partial charge in [-0.05, 0) is 82.7 Å². The van der Waals surface area contributed by atoms with Crippen LogP contribution in [0.5, 0.6) is 11.5 Å². The van der Waals surface area contributed by atoms with E-state index in [0.717, 1.165) is 11.1 Å². The van der Waals surface area contributed by atoms with Crippen LogP contribution in [0, 0.1) is 11.3 Å². The lowest BCUT2D eigenvalue weighted by Gasteiger charge is -2.26. The number of carbonyl (C=O) groups is 2. The third-order valence-corrected chi connectivity index (χ3v) is 8.48. The van der Waals surface area contributed by atoms with Gasteiger partial charge in [-0.25, -0.2) is 4.99 Å². The van der Waals surface area contributed by atoms with Gasteiger partial charge >= 0.3 is 0 Å². The summed E-state index contributed by atoms with van der Waals surface area (Å²) in [4.78, 5) is 34.9. The highest BCUT2D eigenvalue weighted by molar-refractivity contribution is 9.10. The number of ether oxygens (including phenoxy) is 3. The number of nitriles is 1. The first-order valence-electron chi connectivity index (χ1n) is 13.7. The third-order valence-electron chi connectivity index (χ3n) is 6.88. The highest BCUT2D eigenvalue weighted by atomic mass is 79.9. The Morgan fingerprint density at radius 3 is 2.70 bits per heavy atom. The number of carbonyl (C=O) groups excluding carboxylic acids is 2. The fourth-order valence-electron chi connectivity index (χ4n) is 4.66. The van der Waals surface area contributed by atoms with Gasteiger partial charge in [0.2, 0.25) is 0 Å². The molecule has 5 rings (SSSR count). The lowest BCUT2D eigenvalue weighted by Crippen LogP contribution is -2.40. The predicted octanol–water partition coefficient (Wildman–Crippen LogP) is 6.00. The van der Waals surface area contributed by atoms with Crippen molar-refractivity contribution in [2.24, 2.45) is 4.99 Å². The van der Waals surface area contributed by atoms with E-state index in [1.165, 1.54) is 11.8 Å². The van der Waals surface area contributed by atoms with Crippen LogP contribution in [0.1, 0.15) is 34.0 Å². The van der Waals surface area contributed by atoms with Gasteiger partial charge in [-0.1, -0.05) is 24.3 Å². The highest BCUT2D eigenvalue weighted by Crippen LogP contribution is 2.40. The molecule has 2 fully saturated rings. The molecule has 11 heteroatoms. The van der Waals surface area contributed by atoms with Gasteiger partial charge in [0.25, 0.3) is 11.8 Å². The Balaban J connectivity index is 1.37. The van der Waals surface area contributed by atoms with E-state index in [-0.39, 0.29) is 18.4 Å². The molecule has 2 aliphatic heterocycles. The Morgan fingerprint density at radius 1 is 1.16 bits per heavy atom. The van der Waals surface area contributed by atoms with E-state index < -0.39 is 0 Å². The summed E-state index contributed by atoms with van der Waals surface area (Å²) in [5, 5.41) is 9.92. The third kappa shape index (κ3) is 6.94. The number of likely N-dealkylation sites (N-methyl/N-ethyl adjacent to an activating group) is 1.